The maximum atomic E-state index is 12.2. The molecule has 0 heterocycles. The fraction of sp³-hybridized carbons (Fsp3) is 0.278. The summed E-state index contributed by atoms with van der Waals surface area (Å²) in [4.78, 5) is 12.1. The van der Waals surface area contributed by atoms with Crippen LogP contribution in [0, 0.1) is 0 Å². The molecule has 2 N–H and O–H groups in total. The van der Waals surface area contributed by atoms with Crippen molar-refractivity contribution in [1.82, 2.24) is 4.72 Å². The van der Waals surface area contributed by atoms with E-state index >= 15 is 0 Å². The van der Waals surface area contributed by atoms with E-state index < -0.39 is 15.9 Å². The van der Waals surface area contributed by atoms with Crippen LogP contribution in [-0.4, -0.2) is 20.9 Å². The Labute approximate surface area is 143 Å². The zero-order valence-corrected chi connectivity index (χ0v) is 14.7. The molecule has 0 aliphatic rings. The van der Waals surface area contributed by atoms with Crippen LogP contribution in [0.25, 0.3) is 0 Å². The minimum atomic E-state index is -3.70. The standard InChI is InChI=1S/C18H22N2O3S/c1-3-14-8-10-17(11-9-14)24(22,23)19-13-18(21)20-16-7-5-6-15(4-2)12-16/h5-12,19H,3-4,13H2,1-2H3,(H,20,21). The molecule has 0 spiro atoms. The number of amides is 1. The average molecular weight is 346 g/mol. The average Bonchev–Trinajstić information content (AvgIpc) is 2.60. The van der Waals surface area contributed by atoms with E-state index in [0.717, 1.165) is 24.0 Å². The zero-order valence-electron chi connectivity index (χ0n) is 13.9. The first kappa shape index (κ1) is 18.2. The Morgan fingerprint density at radius 1 is 0.958 bits per heavy atom. The van der Waals surface area contributed by atoms with Crippen molar-refractivity contribution in [1.29, 1.82) is 0 Å². The second kappa shape index (κ2) is 8.08. The van der Waals surface area contributed by atoms with E-state index in [1.807, 2.05) is 32.0 Å². The number of benzene rings is 2. The molecular formula is C18H22N2O3S. The summed E-state index contributed by atoms with van der Waals surface area (Å²) < 4.78 is 26.7. The third-order valence-corrected chi connectivity index (χ3v) is 5.10. The van der Waals surface area contributed by atoms with E-state index in [9.17, 15) is 13.2 Å². The first-order valence-electron chi connectivity index (χ1n) is 7.92. The lowest BCUT2D eigenvalue weighted by molar-refractivity contribution is -0.115. The Bertz CT molecular complexity index is 799. The summed E-state index contributed by atoms with van der Waals surface area (Å²) >= 11 is 0. The quantitative estimate of drug-likeness (QED) is 0.809. The number of hydrogen-bond acceptors (Lipinski definition) is 3. The van der Waals surface area contributed by atoms with Gasteiger partial charge in [-0.05, 0) is 48.2 Å². The van der Waals surface area contributed by atoms with E-state index in [0.29, 0.717) is 5.69 Å². The van der Waals surface area contributed by atoms with Crippen molar-refractivity contribution in [2.75, 3.05) is 11.9 Å². The van der Waals surface area contributed by atoms with E-state index in [1.165, 1.54) is 0 Å². The number of nitrogens with one attached hydrogen (secondary N) is 2. The monoisotopic (exact) mass is 346 g/mol. The summed E-state index contributed by atoms with van der Waals surface area (Å²) in [5.41, 5.74) is 2.82. The Morgan fingerprint density at radius 2 is 1.62 bits per heavy atom. The van der Waals surface area contributed by atoms with Gasteiger partial charge < -0.3 is 5.32 Å². The molecule has 0 bridgehead atoms. The number of carbonyl (C=O) groups is 1. The highest BCUT2D eigenvalue weighted by atomic mass is 32.2. The van der Waals surface area contributed by atoms with Crippen molar-refractivity contribution in [2.45, 2.75) is 31.6 Å². The highest BCUT2D eigenvalue weighted by Gasteiger charge is 2.15. The van der Waals surface area contributed by atoms with Gasteiger partial charge in [0.15, 0.2) is 0 Å². The van der Waals surface area contributed by atoms with Crippen molar-refractivity contribution >= 4 is 21.6 Å². The Kier molecular flexibility index (Phi) is 6.11. The van der Waals surface area contributed by atoms with Gasteiger partial charge in [-0.1, -0.05) is 38.1 Å². The van der Waals surface area contributed by atoms with E-state index in [4.69, 9.17) is 0 Å². The van der Waals surface area contributed by atoms with Gasteiger partial charge in [0.05, 0.1) is 11.4 Å². The molecule has 24 heavy (non-hydrogen) atoms. The molecule has 0 saturated heterocycles. The third kappa shape index (κ3) is 4.91. The van der Waals surface area contributed by atoms with Gasteiger partial charge in [0.1, 0.15) is 0 Å². The minimum absolute atomic E-state index is 0.153. The van der Waals surface area contributed by atoms with Gasteiger partial charge in [0, 0.05) is 5.69 Å². The normalized spacial score (nSPS) is 11.2. The van der Waals surface area contributed by atoms with Crippen LogP contribution in [0.15, 0.2) is 53.4 Å². The highest BCUT2D eigenvalue weighted by molar-refractivity contribution is 7.89. The topological polar surface area (TPSA) is 75.3 Å². The number of anilines is 1. The largest absolute Gasteiger partial charge is 0.325 e. The molecule has 5 nitrogen and oxygen atoms in total. The summed E-state index contributed by atoms with van der Waals surface area (Å²) in [6.07, 6.45) is 1.71. The molecule has 0 radical (unpaired) electrons. The second-order valence-electron chi connectivity index (χ2n) is 5.42. The highest BCUT2D eigenvalue weighted by Crippen LogP contribution is 2.12. The Morgan fingerprint density at radius 3 is 2.25 bits per heavy atom. The minimum Gasteiger partial charge on any atom is -0.325 e. The molecule has 0 atom stereocenters. The predicted octanol–water partition coefficient (Wildman–Crippen LogP) is 2.73. The molecule has 0 aromatic heterocycles. The summed E-state index contributed by atoms with van der Waals surface area (Å²) in [6.45, 7) is 3.72. The van der Waals surface area contributed by atoms with Crippen LogP contribution in [0.3, 0.4) is 0 Å². The van der Waals surface area contributed by atoms with Gasteiger partial charge in [-0.2, -0.15) is 0 Å². The van der Waals surface area contributed by atoms with Crippen molar-refractivity contribution < 1.29 is 13.2 Å². The van der Waals surface area contributed by atoms with Gasteiger partial charge in [0.2, 0.25) is 15.9 Å². The Hall–Kier alpha value is -2.18. The number of rotatable bonds is 7. The molecule has 0 unspecified atom stereocenters. The molecule has 1 amide bonds. The van der Waals surface area contributed by atoms with Crippen LogP contribution in [-0.2, 0) is 27.7 Å². The fourth-order valence-corrected chi connectivity index (χ4v) is 3.20. The smallest absolute Gasteiger partial charge is 0.241 e. The van der Waals surface area contributed by atoms with Crippen molar-refractivity contribution in [3.05, 3.63) is 59.7 Å². The van der Waals surface area contributed by atoms with Crippen LogP contribution in [0.5, 0.6) is 0 Å². The predicted molar refractivity (Wildman–Crippen MR) is 95.5 cm³/mol. The van der Waals surface area contributed by atoms with Crippen LogP contribution in [0.2, 0.25) is 0 Å². The van der Waals surface area contributed by atoms with Gasteiger partial charge in [-0.25, -0.2) is 13.1 Å². The second-order valence-corrected chi connectivity index (χ2v) is 7.19. The van der Waals surface area contributed by atoms with E-state index in [1.54, 1.807) is 30.3 Å². The molecule has 6 heteroatoms. The van der Waals surface area contributed by atoms with Crippen molar-refractivity contribution in [2.24, 2.45) is 0 Å². The lowest BCUT2D eigenvalue weighted by atomic mass is 10.1. The van der Waals surface area contributed by atoms with E-state index in [-0.39, 0.29) is 11.4 Å². The SMILES string of the molecule is CCc1ccc(S(=O)(=O)NCC(=O)Nc2cccc(CC)c2)cc1. The molecule has 2 rings (SSSR count). The number of carbonyl (C=O) groups excluding carboxylic acids is 1. The molecule has 0 aliphatic carbocycles. The van der Waals surface area contributed by atoms with Crippen LogP contribution < -0.4 is 10.0 Å². The maximum absolute atomic E-state index is 12.2. The summed E-state index contributed by atoms with van der Waals surface area (Å²) in [5, 5.41) is 2.69. The maximum Gasteiger partial charge on any atom is 0.241 e. The van der Waals surface area contributed by atoms with Gasteiger partial charge in [-0.15, -0.1) is 0 Å². The molecule has 0 saturated carbocycles. The number of sulfonamides is 1. The van der Waals surface area contributed by atoms with Gasteiger partial charge in [-0.3, -0.25) is 4.79 Å². The lowest BCUT2D eigenvalue weighted by Crippen LogP contribution is -2.32. The first-order chi connectivity index (χ1) is 11.4. The molecule has 2 aromatic carbocycles. The van der Waals surface area contributed by atoms with Crippen molar-refractivity contribution in [3.63, 3.8) is 0 Å². The zero-order chi connectivity index (χ0) is 17.6. The number of hydrogen-bond donors (Lipinski definition) is 2. The summed E-state index contributed by atoms with van der Waals surface area (Å²) in [5.74, 6) is -0.406. The third-order valence-electron chi connectivity index (χ3n) is 3.68. The van der Waals surface area contributed by atoms with Crippen LogP contribution in [0.1, 0.15) is 25.0 Å². The molecule has 0 aliphatic heterocycles. The van der Waals surface area contributed by atoms with Gasteiger partial charge >= 0.3 is 0 Å². The van der Waals surface area contributed by atoms with E-state index in [2.05, 4.69) is 10.0 Å². The molecule has 0 fully saturated rings. The molecule has 2 aromatic rings. The molecule has 128 valence electrons. The summed E-state index contributed by atoms with van der Waals surface area (Å²) in [6, 6.07) is 14.1. The summed E-state index contributed by atoms with van der Waals surface area (Å²) in [7, 11) is -3.70. The lowest BCUT2D eigenvalue weighted by Gasteiger charge is -2.09. The first-order valence-corrected chi connectivity index (χ1v) is 9.40. The fourth-order valence-electron chi connectivity index (χ4n) is 2.22. The van der Waals surface area contributed by atoms with Gasteiger partial charge in [0.25, 0.3) is 0 Å². The van der Waals surface area contributed by atoms with Crippen LogP contribution in [0.4, 0.5) is 5.69 Å². The number of aryl methyl sites for hydroxylation is 2. The van der Waals surface area contributed by atoms with Crippen LogP contribution >= 0.6 is 0 Å². The Balaban J connectivity index is 1.96. The van der Waals surface area contributed by atoms with Crippen molar-refractivity contribution in [3.8, 4) is 0 Å². The molecular weight excluding hydrogens is 324 g/mol.